The zero-order valence-corrected chi connectivity index (χ0v) is 16.5. The van der Waals surface area contributed by atoms with E-state index in [0.717, 1.165) is 54.9 Å². The summed E-state index contributed by atoms with van der Waals surface area (Å²) in [6, 6.07) is 0.242. The first-order valence-electron chi connectivity index (χ1n) is 9.90. The molecule has 1 N–H and O–H groups in total. The van der Waals surface area contributed by atoms with E-state index in [0.29, 0.717) is 16.2 Å². The Morgan fingerprint density at radius 1 is 1.19 bits per heavy atom. The summed E-state index contributed by atoms with van der Waals surface area (Å²) in [5.41, 5.74) is 0.828. The van der Waals surface area contributed by atoms with Gasteiger partial charge in [-0.05, 0) is 44.1 Å². The predicted molar refractivity (Wildman–Crippen MR) is 105 cm³/mol. The van der Waals surface area contributed by atoms with E-state index in [1.807, 2.05) is 11.5 Å². The standard InChI is InChI=1S/C20H27N3O2S/c1-12-8-5-6-9-14(12)21-18(24)17-13(2)16-19(26-17)22-15-10-4-3-7-11-23(15)20(16)25/h12,14H,3-11H2,1-2H3,(H,21,24)/t12-,14-/m1/s1. The van der Waals surface area contributed by atoms with Crippen LogP contribution in [0.25, 0.3) is 10.2 Å². The number of hydrogen-bond donors (Lipinski definition) is 1. The number of amides is 1. The van der Waals surface area contributed by atoms with E-state index in [4.69, 9.17) is 4.98 Å². The van der Waals surface area contributed by atoms with Crippen molar-refractivity contribution in [2.24, 2.45) is 5.92 Å². The molecule has 3 heterocycles. The highest BCUT2D eigenvalue weighted by Crippen LogP contribution is 2.30. The second-order valence-corrected chi connectivity index (χ2v) is 8.87. The van der Waals surface area contributed by atoms with E-state index < -0.39 is 0 Å². The molecule has 0 bridgehead atoms. The Balaban J connectivity index is 1.70. The molecule has 1 amide bonds. The van der Waals surface area contributed by atoms with E-state index in [1.54, 1.807) is 0 Å². The highest BCUT2D eigenvalue weighted by atomic mass is 32.1. The van der Waals surface area contributed by atoms with Crippen LogP contribution in [0, 0.1) is 12.8 Å². The lowest BCUT2D eigenvalue weighted by Crippen LogP contribution is -2.41. The maximum Gasteiger partial charge on any atom is 0.262 e. The third-order valence-corrected chi connectivity index (χ3v) is 7.23. The van der Waals surface area contributed by atoms with Crippen molar-refractivity contribution in [3.63, 3.8) is 0 Å². The van der Waals surface area contributed by atoms with E-state index >= 15 is 0 Å². The van der Waals surface area contributed by atoms with Crippen LogP contribution in [-0.4, -0.2) is 21.5 Å². The number of carbonyl (C=O) groups excluding carboxylic acids is 1. The number of nitrogens with one attached hydrogen (secondary N) is 1. The van der Waals surface area contributed by atoms with Crippen molar-refractivity contribution >= 4 is 27.5 Å². The molecule has 2 aromatic heterocycles. The average Bonchev–Trinajstić information content (AvgIpc) is 2.80. The van der Waals surface area contributed by atoms with Crippen molar-refractivity contribution < 1.29 is 4.79 Å². The first-order chi connectivity index (χ1) is 12.6. The zero-order valence-electron chi connectivity index (χ0n) is 15.6. The molecule has 1 aliphatic heterocycles. The number of fused-ring (bicyclic) bond motifs is 2. The molecule has 0 unspecified atom stereocenters. The second-order valence-electron chi connectivity index (χ2n) is 7.87. The Kier molecular flexibility index (Phi) is 4.86. The van der Waals surface area contributed by atoms with Gasteiger partial charge in [0, 0.05) is 19.0 Å². The van der Waals surface area contributed by atoms with Crippen molar-refractivity contribution in [1.29, 1.82) is 0 Å². The summed E-state index contributed by atoms with van der Waals surface area (Å²) >= 11 is 1.38. The number of rotatable bonds is 2. The molecule has 2 atom stereocenters. The number of carbonyl (C=O) groups is 1. The Bertz CT molecular complexity index is 899. The molecule has 2 aliphatic rings. The van der Waals surface area contributed by atoms with Crippen LogP contribution in [-0.2, 0) is 13.0 Å². The smallest absolute Gasteiger partial charge is 0.262 e. The molecule has 6 heteroatoms. The molecule has 1 saturated carbocycles. The van der Waals surface area contributed by atoms with Crippen LogP contribution in [0.3, 0.4) is 0 Å². The van der Waals surface area contributed by atoms with Gasteiger partial charge in [-0.3, -0.25) is 14.2 Å². The van der Waals surface area contributed by atoms with Crippen LogP contribution in [0.5, 0.6) is 0 Å². The van der Waals surface area contributed by atoms with Gasteiger partial charge in [-0.2, -0.15) is 0 Å². The van der Waals surface area contributed by atoms with E-state index in [2.05, 4.69) is 12.2 Å². The van der Waals surface area contributed by atoms with E-state index in [1.165, 1.54) is 30.6 Å². The molecule has 5 nitrogen and oxygen atoms in total. The third-order valence-electron chi connectivity index (χ3n) is 6.05. The summed E-state index contributed by atoms with van der Waals surface area (Å²) in [7, 11) is 0. The van der Waals surface area contributed by atoms with Crippen LogP contribution >= 0.6 is 11.3 Å². The lowest BCUT2D eigenvalue weighted by molar-refractivity contribution is 0.0914. The third kappa shape index (κ3) is 3.08. The van der Waals surface area contributed by atoms with Gasteiger partial charge in [0.15, 0.2) is 0 Å². The minimum atomic E-state index is -0.0381. The number of nitrogens with zero attached hydrogens (tertiary/aromatic N) is 2. The van der Waals surface area contributed by atoms with Crippen LogP contribution in [0.2, 0.25) is 0 Å². The van der Waals surface area contributed by atoms with Gasteiger partial charge in [0.2, 0.25) is 0 Å². The first-order valence-corrected chi connectivity index (χ1v) is 10.7. The summed E-state index contributed by atoms with van der Waals surface area (Å²) in [4.78, 5) is 32.1. The van der Waals surface area contributed by atoms with Gasteiger partial charge in [-0.25, -0.2) is 4.98 Å². The molecule has 4 rings (SSSR count). The topological polar surface area (TPSA) is 64.0 Å². The average molecular weight is 374 g/mol. The van der Waals surface area contributed by atoms with Gasteiger partial charge in [-0.15, -0.1) is 11.3 Å². The fourth-order valence-corrected chi connectivity index (χ4v) is 5.48. The maximum absolute atomic E-state index is 13.0. The minimum absolute atomic E-state index is 0.0331. The van der Waals surface area contributed by atoms with Gasteiger partial charge < -0.3 is 5.32 Å². The number of thiophene rings is 1. The molecular formula is C20H27N3O2S. The van der Waals surface area contributed by atoms with Crippen LogP contribution in [0.4, 0.5) is 0 Å². The van der Waals surface area contributed by atoms with Gasteiger partial charge in [0.05, 0.1) is 10.3 Å². The molecule has 0 spiro atoms. The zero-order chi connectivity index (χ0) is 18.3. The number of hydrogen-bond acceptors (Lipinski definition) is 4. The molecule has 26 heavy (non-hydrogen) atoms. The van der Waals surface area contributed by atoms with E-state index in [9.17, 15) is 9.59 Å². The van der Waals surface area contributed by atoms with Gasteiger partial charge in [0.25, 0.3) is 11.5 Å². The monoisotopic (exact) mass is 373 g/mol. The quantitative estimate of drug-likeness (QED) is 0.871. The Morgan fingerprint density at radius 3 is 2.81 bits per heavy atom. The van der Waals surface area contributed by atoms with Crippen molar-refractivity contribution in [3.8, 4) is 0 Å². The molecule has 1 fully saturated rings. The number of aromatic nitrogens is 2. The van der Waals surface area contributed by atoms with Crippen molar-refractivity contribution in [2.75, 3.05) is 0 Å². The summed E-state index contributed by atoms with van der Waals surface area (Å²) in [5, 5.41) is 3.86. The second kappa shape index (κ2) is 7.14. The van der Waals surface area contributed by atoms with Gasteiger partial charge >= 0.3 is 0 Å². The molecule has 1 aliphatic carbocycles. The molecule has 2 aromatic rings. The molecule has 0 saturated heterocycles. The lowest BCUT2D eigenvalue weighted by Gasteiger charge is -2.29. The van der Waals surface area contributed by atoms with Crippen molar-refractivity contribution in [2.45, 2.75) is 77.8 Å². The molecular weight excluding hydrogens is 346 g/mol. The SMILES string of the molecule is Cc1c(C(=O)N[C@@H]2CCCC[C@H]2C)sc2nc3n(c(=O)c12)CCCCC3. The molecule has 140 valence electrons. The minimum Gasteiger partial charge on any atom is -0.348 e. The van der Waals surface area contributed by atoms with Gasteiger partial charge in [-0.1, -0.05) is 26.2 Å². The van der Waals surface area contributed by atoms with Crippen LogP contribution in [0.15, 0.2) is 4.79 Å². The Morgan fingerprint density at radius 2 is 2.00 bits per heavy atom. The fraction of sp³-hybridized carbons (Fsp3) is 0.650. The largest absolute Gasteiger partial charge is 0.348 e. The molecule has 0 aromatic carbocycles. The Hall–Kier alpha value is -1.69. The first kappa shape index (κ1) is 17.7. The van der Waals surface area contributed by atoms with Gasteiger partial charge in [0.1, 0.15) is 10.7 Å². The van der Waals surface area contributed by atoms with E-state index in [-0.39, 0.29) is 17.5 Å². The normalized spacial score (nSPS) is 23.5. The summed E-state index contributed by atoms with van der Waals surface area (Å²) < 4.78 is 1.83. The maximum atomic E-state index is 13.0. The highest BCUT2D eigenvalue weighted by Gasteiger charge is 2.26. The fourth-order valence-electron chi connectivity index (χ4n) is 4.39. The lowest BCUT2D eigenvalue weighted by atomic mass is 9.86. The van der Waals surface area contributed by atoms with Crippen LogP contribution in [0.1, 0.15) is 72.9 Å². The summed E-state index contributed by atoms with van der Waals surface area (Å²) in [5.74, 6) is 1.36. The number of aryl methyl sites for hydroxylation is 2. The Labute approximate surface area is 157 Å². The highest BCUT2D eigenvalue weighted by molar-refractivity contribution is 7.20. The van der Waals surface area contributed by atoms with Crippen molar-refractivity contribution in [1.82, 2.24) is 14.9 Å². The van der Waals surface area contributed by atoms with Crippen LogP contribution < -0.4 is 10.9 Å². The molecule has 0 radical (unpaired) electrons. The summed E-state index contributed by atoms with van der Waals surface area (Å²) in [6.45, 7) is 4.85. The summed E-state index contributed by atoms with van der Waals surface area (Å²) in [6.07, 6.45) is 8.74. The predicted octanol–water partition coefficient (Wildman–Crippen LogP) is 3.80. The van der Waals surface area contributed by atoms with Crippen molar-refractivity contribution in [3.05, 3.63) is 26.6 Å².